The fourth-order valence-corrected chi connectivity index (χ4v) is 2.50. The predicted octanol–water partition coefficient (Wildman–Crippen LogP) is 2.33. The van der Waals surface area contributed by atoms with Crippen molar-refractivity contribution in [3.05, 3.63) is 0 Å². The van der Waals surface area contributed by atoms with Crippen LogP contribution < -0.4 is 0 Å². The lowest BCUT2D eigenvalue weighted by Gasteiger charge is -2.26. The molecule has 0 aromatic rings. The van der Waals surface area contributed by atoms with Gasteiger partial charge in [0, 0.05) is 13.5 Å². The highest BCUT2D eigenvalue weighted by atomic mass is 35.5. The summed E-state index contributed by atoms with van der Waals surface area (Å²) in [5.41, 5.74) is 0.920. The van der Waals surface area contributed by atoms with Gasteiger partial charge >= 0.3 is 0 Å². The zero-order chi connectivity index (χ0) is 10.0. The highest BCUT2D eigenvalue weighted by Crippen LogP contribution is 2.37. The number of hydrogen-bond acceptors (Lipinski definition) is 3. The van der Waals surface area contributed by atoms with Gasteiger partial charge in [-0.2, -0.15) is 0 Å². The van der Waals surface area contributed by atoms with E-state index in [9.17, 15) is 0 Å². The molecule has 0 radical (unpaired) electrons. The van der Waals surface area contributed by atoms with Gasteiger partial charge in [-0.25, -0.2) is 0 Å². The third kappa shape index (κ3) is 1.63. The van der Waals surface area contributed by atoms with Gasteiger partial charge < -0.3 is 9.57 Å². The average Bonchev–Trinajstić information content (AvgIpc) is 2.87. The van der Waals surface area contributed by atoms with Gasteiger partial charge in [0.05, 0.1) is 11.6 Å². The quantitative estimate of drug-likeness (QED) is 0.680. The molecule has 0 amide bonds. The molecule has 0 saturated heterocycles. The lowest BCUT2D eigenvalue weighted by atomic mass is 9.92. The zero-order valence-corrected chi connectivity index (χ0v) is 9.22. The number of methoxy groups -OCH3 is 1. The van der Waals surface area contributed by atoms with Crippen LogP contribution in [0.15, 0.2) is 5.16 Å². The Labute approximate surface area is 89.4 Å². The molecule has 3 nitrogen and oxygen atoms in total. The molecule has 0 aromatic heterocycles. The van der Waals surface area contributed by atoms with Crippen molar-refractivity contribution in [1.29, 1.82) is 0 Å². The van der Waals surface area contributed by atoms with E-state index in [0.29, 0.717) is 5.88 Å². The van der Waals surface area contributed by atoms with Crippen LogP contribution in [0, 0.1) is 0 Å². The van der Waals surface area contributed by atoms with E-state index in [1.807, 2.05) is 0 Å². The number of nitrogens with zero attached hydrogens (tertiary/aromatic N) is 1. The maximum Gasteiger partial charge on any atom is 0.146 e. The summed E-state index contributed by atoms with van der Waals surface area (Å²) in [5.74, 6) is 0.507. The van der Waals surface area contributed by atoms with Crippen LogP contribution in [0.25, 0.3) is 0 Å². The van der Waals surface area contributed by atoms with Gasteiger partial charge in [0.15, 0.2) is 0 Å². The topological polar surface area (TPSA) is 30.8 Å². The summed E-state index contributed by atoms with van der Waals surface area (Å²) in [6.45, 7) is 0. The summed E-state index contributed by atoms with van der Waals surface area (Å²) in [7, 11) is 1.77. The van der Waals surface area contributed by atoms with Gasteiger partial charge in [-0.05, 0) is 12.8 Å². The molecule has 1 unspecified atom stereocenters. The zero-order valence-electron chi connectivity index (χ0n) is 8.46. The van der Waals surface area contributed by atoms with Crippen LogP contribution in [-0.4, -0.2) is 30.4 Å². The van der Waals surface area contributed by atoms with Crippen molar-refractivity contribution in [3.8, 4) is 0 Å². The largest absolute Gasteiger partial charge is 0.391 e. The standard InChI is InChI=1S/C10H16ClNO2/c1-13-10(4-2-3-5-10)9-6-8(7-11)14-12-9/h8H,2-7H2,1H3. The second-order valence-electron chi connectivity index (χ2n) is 4.03. The van der Waals surface area contributed by atoms with Crippen molar-refractivity contribution in [1.82, 2.24) is 0 Å². The lowest BCUT2D eigenvalue weighted by Crippen LogP contribution is -2.37. The summed E-state index contributed by atoms with van der Waals surface area (Å²) < 4.78 is 5.62. The van der Waals surface area contributed by atoms with Crippen molar-refractivity contribution in [3.63, 3.8) is 0 Å². The van der Waals surface area contributed by atoms with Gasteiger partial charge in [-0.1, -0.05) is 18.0 Å². The molecule has 0 bridgehead atoms. The van der Waals surface area contributed by atoms with Crippen molar-refractivity contribution in [2.24, 2.45) is 5.16 Å². The number of alkyl halides is 1. The summed E-state index contributed by atoms with van der Waals surface area (Å²) in [6, 6.07) is 0. The summed E-state index contributed by atoms with van der Waals surface area (Å²) >= 11 is 5.73. The number of ether oxygens (including phenoxy) is 1. The predicted molar refractivity (Wildman–Crippen MR) is 55.9 cm³/mol. The maximum atomic E-state index is 5.73. The Morgan fingerprint density at radius 3 is 2.79 bits per heavy atom. The fourth-order valence-electron chi connectivity index (χ4n) is 2.34. The minimum Gasteiger partial charge on any atom is -0.391 e. The van der Waals surface area contributed by atoms with Crippen molar-refractivity contribution < 1.29 is 9.57 Å². The van der Waals surface area contributed by atoms with Crippen LogP contribution in [0.3, 0.4) is 0 Å². The number of halogens is 1. The molecule has 1 aliphatic heterocycles. The summed E-state index contributed by atoms with van der Waals surface area (Å²) in [6.07, 6.45) is 5.47. The fraction of sp³-hybridized carbons (Fsp3) is 0.900. The Morgan fingerprint density at radius 1 is 1.57 bits per heavy atom. The van der Waals surface area contributed by atoms with Crippen LogP contribution in [0.1, 0.15) is 32.1 Å². The monoisotopic (exact) mass is 217 g/mol. The lowest BCUT2D eigenvalue weighted by molar-refractivity contribution is 0.0541. The van der Waals surface area contributed by atoms with Crippen LogP contribution >= 0.6 is 11.6 Å². The summed E-state index contributed by atoms with van der Waals surface area (Å²) in [4.78, 5) is 5.23. The van der Waals surface area contributed by atoms with Crippen LogP contribution in [-0.2, 0) is 9.57 Å². The van der Waals surface area contributed by atoms with Crippen molar-refractivity contribution in [2.75, 3.05) is 13.0 Å². The third-order valence-corrected chi connectivity index (χ3v) is 3.58. The molecule has 1 aliphatic carbocycles. The third-order valence-electron chi connectivity index (χ3n) is 3.23. The van der Waals surface area contributed by atoms with Crippen LogP contribution in [0.2, 0.25) is 0 Å². The molecule has 4 heteroatoms. The molecule has 0 aromatic carbocycles. The molecule has 80 valence electrons. The van der Waals surface area contributed by atoms with Gasteiger partial charge in [-0.3, -0.25) is 0 Å². The smallest absolute Gasteiger partial charge is 0.146 e. The first kappa shape index (κ1) is 10.2. The van der Waals surface area contributed by atoms with E-state index in [2.05, 4.69) is 5.16 Å². The molecule has 2 aliphatic rings. The van der Waals surface area contributed by atoms with E-state index in [1.54, 1.807) is 7.11 Å². The van der Waals surface area contributed by atoms with Crippen molar-refractivity contribution >= 4 is 17.3 Å². The molecule has 1 fully saturated rings. The molecule has 2 rings (SSSR count). The van der Waals surface area contributed by atoms with Crippen LogP contribution in [0.5, 0.6) is 0 Å². The molecule has 1 saturated carbocycles. The van der Waals surface area contributed by atoms with Gasteiger partial charge in [0.25, 0.3) is 0 Å². The Balaban J connectivity index is 2.06. The Hall–Kier alpha value is -0.280. The van der Waals surface area contributed by atoms with Gasteiger partial charge in [0.1, 0.15) is 11.7 Å². The van der Waals surface area contributed by atoms with E-state index in [4.69, 9.17) is 21.2 Å². The molecule has 0 spiro atoms. The molecule has 1 atom stereocenters. The SMILES string of the molecule is COC1(C2=NOC(CCl)C2)CCCC1. The molecule has 1 heterocycles. The summed E-state index contributed by atoms with van der Waals surface area (Å²) in [5, 5.41) is 4.12. The van der Waals surface area contributed by atoms with Crippen molar-refractivity contribution in [2.45, 2.75) is 43.8 Å². The Bertz CT molecular complexity index is 236. The average molecular weight is 218 g/mol. The highest BCUT2D eigenvalue weighted by molar-refractivity contribution is 6.18. The highest BCUT2D eigenvalue weighted by Gasteiger charge is 2.42. The maximum absolute atomic E-state index is 5.73. The first-order chi connectivity index (χ1) is 6.80. The molecular weight excluding hydrogens is 202 g/mol. The first-order valence-corrected chi connectivity index (χ1v) is 5.68. The van der Waals surface area contributed by atoms with Gasteiger partial charge in [-0.15, -0.1) is 11.6 Å². The van der Waals surface area contributed by atoms with Crippen LogP contribution in [0.4, 0.5) is 0 Å². The number of oxime groups is 1. The molecule has 14 heavy (non-hydrogen) atoms. The minimum absolute atomic E-state index is 0.0549. The van der Waals surface area contributed by atoms with E-state index in [-0.39, 0.29) is 11.7 Å². The molecular formula is C10H16ClNO2. The Morgan fingerprint density at radius 2 is 2.29 bits per heavy atom. The normalized spacial score (nSPS) is 30.1. The number of hydrogen-bond donors (Lipinski definition) is 0. The van der Waals surface area contributed by atoms with E-state index < -0.39 is 0 Å². The van der Waals surface area contributed by atoms with Gasteiger partial charge in [0.2, 0.25) is 0 Å². The van der Waals surface area contributed by atoms with E-state index >= 15 is 0 Å². The first-order valence-electron chi connectivity index (χ1n) is 5.15. The second kappa shape index (κ2) is 4.07. The minimum atomic E-state index is -0.138. The second-order valence-corrected chi connectivity index (χ2v) is 4.34. The van der Waals surface area contributed by atoms with E-state index in [1.165, 1.54) is 12.8 Å². The molecule has 0 N–H and O–H groups in total. The Kier molecular flexibility index (Phi) is 2.98. The number of rotatable bonds is 3. The van der Waals surface area contributed by atoms with E-state index in [0.717, 1.165) is 25.0 Å².